The fraction of sp³-hybridized carbons (Fsp3) is 0.529. The van der Waals surface area contributed by atoms with Crippen LogP contribution >= 0.6 is 11.6 Å². The van der Waals surface area contributed by atoms with Gasteiger partial charge in [-0.05, 0) is 37.9 Å². The number of nitrogens with zero attached hydrogens (tertiary/aromatic N) is 4. The number of benzene rings is 1. The van der Waals surface area contributed by atoms with E-state index in [1.807, 2.05) is 12.1 Å². The zero-order chi connectivity index (χ0) is 16.8. The summed E-state index contributed by atoms with van der Waals surface area (Å²) in [6.07, 6.45) is 2.21. The molecule has 0 radical (unpaired) electrons. The molecule has 24 heavy (non-hydrogen) atoms. The number of fused-ring (bicyclic) bond motifs is 1. The van der Waals surface area contributed by atoms with E-state index < -0.39 is 0 Å². The lowest BCUT2D eigenvalue weighted by Crippen LogP contribution is -2.54. The Kier molecular flexibility index (Phi) is 3.98. The fourth-order valence-corrected chi connectivity index (χ4v) is 3.60. The summed E-state index contributed by atoms with van der Waals surface area (Å²) in [4.78, 5) is 20.2. The second-order valence-electron chi connectivity index (χ2n) is 6.84. The predicted octanol–water partition coefficient (Wildman–Crippen LogP) is 1.34. The molecule has 0 amide bonds. The van der Waals surface area contributed by atoms with Gasteiger partial charge >= 0.3 is 0 Å². The highest BCUT2D eigenvalue weighted by Gasteiger charge is 2.34. The SMILES string of the molecule is CN1CCN(n2c(C(N)C3CC3)nc3cccc(Cl)c3c2=O)CC1. The summed E-state index contributed by atoms with van der Waals surface area (Å²) in [5, 5.41) is 2.99. The molecule has 2 N–H and O–H groups in total. The van der Waals surface area contributed by atoms with Gasteiger partial charge in [-0.3, -0.25) is 4.79 Å². The van der Waals surface area contributed by atoms with Crippen LogP contribution in [0.25, 0.3) is 10.9 Å². The van der Waals surface area contributed by atoms with E-state index in [9.17, 15) is 4.79 Å². The highest BCUT2D eigenvalue weighted by molar-refractivity contribution is 6.35. The first-order valence-corrected chi connectivity index (χ1v) is 8.84. The van der Waals surface area contributed by atoms with Crippen molar-refractivity contribution in [3.8, 4) is 0 Å². The van der Waals surface area contributed by atoms with Crippen molar-refractivity contribution in [2.75, 3.05) is 38.2 Å². The molecular formula is C17H22ClN5O. The molecule has 1 aromatic carbocycles. The Morgan fingerprint density at radius 3 is 2.62 bits per heavy atom. The molecule has 2 fully saturated rings. The van der Waals surface area contributed by atoms with Gasteiger partial charge in [0.1, 0.15) is 5.82 Å². The monoisotopic (exact) mass is 347 g/mol. The lowest BCUT2D eigenvalue weighted by Gasteiger charge is -2.36. The molecule has 2 heterocycles. The first kappa shape index (κ1) is 15.9. The van der Waals surface area contributed by atoms with Crippen LogP contribution in [0.5, 0.6) is 0 Å². The maximum absolute atomic E-state index is 13.2. The van der Waals surface area contributed by atoms with Crippen LogP contribution in [0.15, 0.2) is 23.0 Å². The third-order valence-electron chi connectivity index (χ3n) is 5.04. The van der Waals surface area contributed by atoms with Crippen LogP contribution in [0.2, 0.25) is 5.02 Å². The molecule has 1 saturated carbocycles. The summed E-state index contributed by atoms with van der Waals surface area (Å²) >= 11 is 6.29. The molecule has 1 atom stereocenters. The van der Waals surface area contributed by atoms with Crippen molar-refractivity contribution in [2.45, 2.75) is 18.9 Å². The van der Waals surface area contributed by atoms with Crippen LogP contribution in [0.4, 0.5) is 0 Å². The van der Waals surface area contributed by atoms with Gasteiger partial charge in [0.15, 0.2) is 0 Å². The van der Waals surface area contributed by atoms with E-state index in [0.717, 1.165) is 39.0 Å². The lowest BCUT2D eigenvalue weighted by molar-refractivity contribution is 0.281. The highest BCUT2D eigenvalue weighted by atomic mass is 35.5. The Balaban J connectivity index is 1.90. The summed E-state index contributed by atoms with van der Waals surface area (Å²) in [6.45, 7) is 3.37. The zero-order valence-electron chi connectivity index (χ0n) is 13.8. The number of aromatic nitrogens is 2. The van der Waals surface area contributed by atoms with Crippen LogP contribution in [-0.4, -0.2) is 47.8 Å². The Hall–Kier alpha value is -1.63. The average molecular weight is 348 g/mol. The van der Waals surface area contributed by atoms with Gasteiger partial charge in [0, 0.05) is 26.2 Å². The number of rotatable bonds is 3. The molecule has 1 aliphatic heterocycles. The molecule has 0 spiro atoms. The average Bonchev–Trinajstić information content (AvgIpc) is 3.40. The van der Waals surface area contributed by atoms with Gasteiger partial charge in [0.05, 0.1) is 22.0 Å². The fourth-order valence-electron chi connectivity index (χ4n) is 3.35. The number of hydrogen-bond donors (Lipinski definition) is 1. The molecule has 2 aromatic rings. The van der Waals surface area contributed by atoms with Gasteiger partial charge in [0.25, 0.3) is 5.56 Å². The zero-order valence-corrected chi connectivity index (χ0v) is 14.5. The third kappa shape index (κ3) is 2.68. The van der Waals surface area contributed by atoms with E-state index in [1.165, 1.54) is 0 Å². The quantitative estimate of drug-likeness (QED) is 0.907. The van der Waals surface area contributed by atoms with Gasteiger partial charge < -0.3 is 15.6 Å². The van der Waals surface area contributed by atoms with Crippen molar-refractivity contribution in [1.82, 2.24) is 14.6 Å². The first-order chi connectivity index (χ1) is 11.6. The van der Waals surface area contributed by atoms with Crippen molar-refractivity contribution < 1.29 is 0 Å². The Morgan fingerprint density at radius 2 is 1.96 bits per heavy atom. The molecular weight excluding hydrogens is 326 g/mol. The molecule has 4 rings (SSSR count). The molecule has 6 nitrogen and oxygen atoms in total. The minimum absolute atomic E-state index is 0.110. The third-order valence-corrected chi connectivity index (χ3v) is 5.36. The number of piperazine rings is 1. The normalized spacial score (nSPS) is 20.5. The lowest BCUT2D eigenvalue weighted by atomic mass is 10.1. The van der Waals surface area contributed by atoms with E-state index in [2.05, 4.69) is 17.0 Å². The molecule has 1 unspecified atom stereocenters. The van der Waals surface area contributed by atoms with Crippen molar-refractivity contribution in [3.63, 3.8) is 0 Å². The van der Waals surface area contributed by atoms with E-state index in [1.54, 1.807) is 10.7 Å². The van der Waals surface area contributed by atoms with E-state index in [0.29, 0.717) is 27.7 Å². The van der Waals surface area contributed by atoms with Gasteiger partial charge in [-0.2, -0.15) is 0 Å². The van der Waals surface area contributed by atoms with Gasteiger partial charge in [-0.15, -0.1) is 0 Å². The van der Waals surface area contributed by atoms with Crippen LogP contribution in [0, 0.1) is 5.92 Å². The Bertz CT molecular complexity index is 824. The minimum Gasteiger partial charge on any atom is -0.321 e. The van der Waals surface area contributed by atoms with E-state index in [-0.39, 0.29) is 11.6 Å². The second kappa shape index (κ2) is 6.02. The van der Waals surface area contributed by atoms with Crippen LogP contribution in [0.3, 0.4) is 0 Å². The summed E-state index contributed by atoms with van der Waals surface area (Å²) in [5.74, 6) is 1.09. The van der Waals surface area contributed by atoms with Crippen molar-refractivity contribution >= 4 is 22.5 Å². The summed E-state index contributed by atoms with van der Waals surface area (Å²) in [5.41, 5.74) is 6.96. The van der Waals surface area contributed by atoms with E-state index in [4.69, 9.17) is 22.3 Å². The number of hydrogen-bond acceptors (Lipinski definition) is 5. The molecule has 1 saturated heterocycles. The molecule has 128 valence electrons. The minimum atomic E-state index is -0.208. The van der Waals surface area contributed by atoms with Crippen molar-refractivity contribution in [3.05, 3.63) is 39.4 Å². The summed E-state index contributed by atoms with van der Waals surface area (Å²) in [6, 6.07) is 5.19. The number of halogens is 1. The Morgan fingerprint density at radius 1 is 1.25 bits per heavy atom. The van der Waals surface area contributed by atoms with Gasteiger partial charge in [-0.25, -0.2) is 9.66 Å². The number of nitrogens with two attached hydrogens (primary N) is 1. The van der Waals surface area contributed by atoms with Crippen LogP contribution in [-0.2, 0) is 0 Å². The van der Waals surface area contributed by atoms with Crippen molar-refractivity contribution in [1.29, 1.82) is 0 Å². The Labute approximate surface area is 145 Å². The first-order valence-electron chi connectivity index (χ1n) is 8.47. The molecule has 2 aliphatic rings. The largest absolute Gasteiger partial charge is 0.321 e. The predicted molar refractivity (Wildman–Crippen MR) is 96.1 cm³/mol. The highest BCUT2D eigenvalue weighted by Crippen LogP contribution is 2.39. The topological polar surface area (TPSA) is 67.4 Å². The molecule has 1 aromatic heterocycles. The maximum Gasteiger partial charge on any atom is 0.281 e. The summed E-state index contributed by atoms with van der Waals surface area (Å²) in [7, 11) is 2.09. The van der Waals surface area contributed by atoms with Crippen molar-refractivity contribution in [2.24, 2.45) is 11.7 Å². The maximum atomic E-state index is 13.2. The van der Waals surface area contributed by atoms with E-state index >= 15 is 0 Å². The molecule has 7 heteroatoms. The second-order valence-corrected chi connectivity index (χ2v) is 7.25. The molecule has 1 aliphatic carbocycles. The standard InChI is InChI=1S/C17H22ClN5O/c1-21-7-9-22(10-8-21)23-16(15(19)11-5-6-11)20-13-4-2-3-12(18)14(13)17(23)24/h2-4,11,15H,5-10,19H2,1H3. The van der Waals surface area contributed by atoms with Crippen LogP contribution in [0.1, 0.15) is 24.7 Å². The molecule has 0 bridgehead atoms. The van der Waals surface area contributed by atoms with Gasteiger partial charge in [-0.1, -0.05) is 17.7 Å². The van der Waals surface area contributed by atoms with Crippen LogP contribution < -0.4 is 16.3 Å². The summed E-state index contributed by atoms with van der Waals surface area (Å²) < 4.78 is 1.70. The smallest absolute Gasteiger partial charge is 0.281 e. The number of likely N-dealkylation sites (N-methyl/N-ethyl adjacent to an activating group) is 1. The van der Waals surface area contributed by atoms with Gasteiger partial charge in [0.2, 0.25) is 0 Å².